The van der Waals surface area contributed by atoms with Crippen molar-refractivity contribution < 1.29 is 37.1 Å². The molecule has 2 aromatic rings. The van der Waals surface area contributed by atoms with Crippen molar-refractivity contribution in [1.29, 1.82) is 0 Å². The molecule has 1 aromatic carbocycles. The van der Waals surface area contributed by atoms with E-state index in [0.717, 1.165) is 4.90 Å². The predicted octanol–water partition coefficient (Wildman–Crippen LogP) is 5.41. The Balaban J connectivity index is 1.04. The molecular weight excluding hydrogens is 775 g/mol. The number of hydrogen-bond acceptors (Lipinski definition) is 11. The lowest BCUT2D eigenvalue weighted by Crippen LogP contribution is -2.54. The molecular formula is C37H51ClF3N9O5S. The van der Waals surface area contributed by atoms with Gasteiger partial charge in [0.1, 0.15) is 16.4 Å². The second-order valence-corrected chi connectivity index (χ2v) is 17.2. The monoisotopic (exact) mass is 825 g/mol. The van der Waals surface area contributed by atoms with E-state index in [2.05, 4.69) is 30.4 Å². The summed E-state index contributed by atoms with van der Waals surface area (Å²) in [5, 5.41) is 6.54. The summed E-state index contributed by atoms with van der Waals surface area (Å²) in [6.07, 6.45) is -1.27. The van der Waals surface area contributed by atoms with Crippen molar-refractivity contribution in [2.24, 2.45) is 5.92 Å². The van der Waals surface area contributed by atoms with Crippen molar-refractivity contribution >= 4 is 64.5 Å². The van der Waals surface area contributed by atoms with Gasteiger partial charge in [-0.25, -0.2) is 14.8 Å². The number of nitrogen functional groups attached to an aromatic ring is 1. The molecule has 4 heterocycles. The van der Waals surface area contributed by atoms with Gasteiger partial charge < -0.3 is 35.8 Å². The van der Waals surface area contributed by atoms with Gasteiger partial charge >= 0.3 is 18.2 Å². The van der Waals surface area contributed by atoms with E-state index in [1.165, 1.54) is 11.8 Å². The number of alkyl carbamates (subject to hydrolysis) is 1. The van der Waals surface area contributed by atoms with Crippen LogP contribution in [0.1, 0.15) is 66.2 Å². The fraction of sp³-hybridized carbons (Fsp3) is 0.622. The first-order valence-corrected chi connectivity index (χ1v) is 20.0. The Labute approximate surface area is 334 Å². The van der Waals surface area contributed by atoms with Crippen LogP contribution in [0.2, 0.25) is 5.02 Å². The van der Waals surface area contributed by atoms with Gasteiger partial charge in [-0.05, 0) is 71.4 Å². The maximum absolute atomic E-state index is 12.9. The van der Waals surface area contributed by atoms with Crippen LogP contribution in [-0.2, 0) is 19.1 Å². The number of amides is 4. The highest BCUT2D eigenvalue weighted by Crippen LogP contribution is 2.39. The minimum atomic E-state index is -4.85. The topological polar surface area (TPSA) is 166 Å². The van der Waals surface area contributed by atoms with Crippen LogP contribution in [0.4, 0.5) is 35.3 Å². The maximum atomic E-state index is 12.9. The number of hydrogen-bond donors (Lipinski definition) is 3. The number of nitrogens with zero attached hydrogens (tertiary/aromatic N) is 6. The zero-order valence-electron chi connectivity index (χ0n) is 32.2. The summed E-state index contributed by atoms with van der Waals surface area (Å²) in [6, 6.07) is 5.19. The van der Waals surface area contributed by atoms with Crippen LogP contribution >= 0.6 is 23.4 Å². The number of likely N-dealkylation sites (tertiary alicyclic amines) is 1. The van der Waals surface area contributed by atoms with E-state index in [-0.39, 0.29) is 49.5 Å². The number of nitrogens with two attached hydrogens (primary N) is 1. The molecule has 4 N–H and O–H groups in total. The highest BCUT2D eigenvalue weighted by atomic mass is 35.5. The van der Waals surface area contributed by atoms with Crippen LogP contribution in [0.15, 0.2) is 34.3 Å². The van der Waals surface area contributed by atoms with Crippen molar-refractivity contribution in [3.05, 3.63) is 29.4 Å². The smallest absolute Gasteiger partial charge is 0.444 e. The average Bonchev–Trinajstić information content (AvgIpc) is 3.12. The molecule has 3 fully saturated rings. The minimum Gasteiger partial charge on any atom is -0.444 e. The molecule has 56 heavy (non-hydrogen) atoms. The number of piperidine rings is 2. The number of carbonyl (C=O) groups is 4. The number of carbonyl (C=O) groups excluding carboxylic acids is 4. The lowest BCUT2D eigenvalue weighted by molar-refractivity contribution is -0.186. The standard InChI is InChI=1S/C37H51ClF3N9O5S/c1-35(2,3)55-34(54)46-36(4)12-16-48(17-13-36)27-22-43-32(31(42)45-27)56-26-7-5-6-25(30(26)38)44-28(51)8-9-29(52)49-20-18-47(19-21-49)23-24-10-14-50(15-11-24)33(53)37(39,40)41/h5-7,22,24H,8-21,23H2,1-4H3,(H2,42,45)(H,44,51)(H,46,54). The van der Waals surface area contributed by atoms with Gasteiger partial charge in [-0.2, -0.15) is 13.2 Å². The van der Waals surface area contributed by atoms with E-state index in [0.29, 0.717) is 97.9 Å². The molecule has 308 valence electrons. The summed E-state index contributed by atoms with van der Waals surface area (Å²) >= 11 is 7.91. The van der Waals surface area contributed by atoms with E-state index < -0.39 is 29.3 Å². The molecule has 0 bridgehead atoms. The van der Waals surface area contributed by atoms with Crippen LogP contribution < -0.4 is 21.3 Å². The number of halogens is 4. The summed E-state index contributed by atoms with van der Waals surface area (Å²) in [7, 11) is 0. The molecule has 0 saturated carbocycles. The summed E-state index contributed by atoms with van der Waals surface area (Å²) in [5.41, 5.74) is 5.72. The molecule has 0 aliphatic carbocycles. The van der Waals surface area contributed by atoms with Gasteiger partial charge in [0.2, 0.25) is 11.8 Å². The van der Waals surface area contributed by atoms with E-state index in [1.54, 1.807) is 29.3 Å². The third-order valence-corrected chi connectivity index (χ3v) is 11.7. The van der Waals surface area contributed by atoms with Gasteiger partial charge in [0.25, 0.3) is 0 Å². The molecule has 14 nitrogen and oxygen atoms in total. The van der Waals surface area contributed by atoms with E-state index in [1.807, 2.05) is 27.7 Å². The van der Waals surface area contributed by atoms with Crippen molar-refractivity contribution in [2.45, 2.75) is 93.5 Å². The number of anilines is 3. The first-order chi connectivity index (χ1) is 26.3. The highest BCUT2D eigenvalue weighted by Gasteiger charge is 2.43. The molecule has 0 unspecified atom stereocenters. The fourth-order valence-electron chi connectivity index (χ4n) is 6.94. The van der Waals surface area contributed by atoms with Crippen molar-refractivity contribution in [2.75, 3.05) is 74.9 Å². The molecule has 19 heteroatoms. The van der Waals surface area contributed by atoms with Gasteiger partial charge in [-0.1, -0.05) is 29.4 Å². The molecule has 3 aliphatic rings. The molecule has 3 saturated heterocycles. The Kier molecular flexibility index (Phi) is 13.9. The number of ether oxygens (including phenoxy) is 1. The SMILES string of the molecule is CC1(NC(=O)OC(C)(C)C)CCN(c2cnc(Sc3cccc(NC(=O)CCC(=O)N4CCN(CC5CCN(C(=O)C(F)(F)F)CC5)CC4)c3Cl)c(N)n2)CC1. The van der Waals surface area contributed by atoms with Crippen LogP contribution in [0.5, 0.6) is 0 Å². The van der Waals surface area contributed by atoms with E-state index >= 15 is 0 Å². The van der Waals surface area contributed by atoms with E-state index in [4.69, 9.17) is 22.1 Å². The van der Waals surface area contributed by atoms with Crippen LogP contribution in [0.25, 0.3) is 0 Å². The number of alkyl halides is 3. The fourth-order valence-corrected chi connectivity index (χ4v) is 8.04. The largest absolute Gasteiger partial charge is 0.471 e. The van der Waals surface area contributed by atoms with Gasteiger partial charge in [-0.15, -0.1) is 0 Å². The first kappa shape index (κ1) is 43.1. The lowest BCUT2D eigenvalue weighted by atomic mass is 9.90. The van der Waals surface area contributed by atoms with Gasteiger partial charge in [0.05, 0.1) is 16.9 Å². The highest BCUT2D eigenvalue weighted by molar-refractivity contribution is 7.99. The molecule has 3 aliphatic heterocycles. The molecule has 0 atom stereocenters. The number of rotatable bonds is 10. The quantitative estimate of drug-likeness (QED) is 0.281. The van der Waals surface area contributed by atoms with Crippen molar-refractivity contribution in [3.63, 3.8) is 0 Å². The maximum Gasteiger partial charge on any atom is 0.471 e. The van der Waals surface area contributed by atoms with Gasteiger partial charge in [-0.3, -0.25) is 19.3 Å². The molecule has 5 rings (SSSR count). The third kappa shape index (κ3) is 12.0. The second-order valence-electron chi connectivity index (χ2n) is 15.8. The van der Waals surface area contributed by atoms with Gasteiger partial charge in [0.15, 0.2) is 5.82 Å². The minimum absolute atomic E-state index is 0.0264. The number of benzene rings is 1. The average molecular weight is 826 g/mol. The Morgan fingerprint density at radius 1 is 0.982 bits per heavy atom. The Morgan fingerprint density at radius 2 is 1.64 bits per heavy atom. The zero-order chi connectivity index (χ0) is 40.8. The second kappa shape index (κ2) is 18.1. The van der Waals surface area contributed by atoms with Gasteiger partial charge in [0, 0.05) is 82.2 Å². The van der Waals surface area contributed by atoms with Crippen molar-refractivity contribution in [3.8, 4) is 0 Å². The van der Waals surface area contributed by atoms with Crippen LogP contribution in [0.3, 0.4) is 0 Å². The van der Waals surface area contributed by atoms with E-state index in [9.17, 15) is 32.3 Å². The predicted molar refractivity (Wildman–Crippen MR) is 207 cm³/mol. The summed E-state index contributed by atoms with van der Waals surface area (Å²) in [4.78, 5) is 66.3. The number of piperazine rings is 1. The summed E-state index contributed by atoms with van der Waals surface area (Å²) in [5.74, 6) is -1.24. The van der Waals surface area contributed by atoms with Crippen molar-refractivity contribution in [1.82, 2.24) is 30.0 Å². The molecule has 0 radical (unpaired) electrons. The normalized spacial score (nSPS) is 18.4. The molecule has 0 spiro atoms. The number of nitrogens with one attached hydrogen (secondary N) is 2. The first-order valence-electron chi connectivity index (χ1n) is 18.8. The summed E-state index contributed by atoms with van der Waals surface area (Å²) in [6.45, 7) is 11.9. The molecule has 1 aromatic heterocycles. The Hall–Kier alpha value is -4.03. The third-order valence-electron chi connectivity index (χ3n) is 10.1. The lowest BCUT2D eigenvalue weighted by Gasteiger charge is -2.40. The Bertz CT molecular complexity index is 1740. The Morgan fingerprint density at radius 3 is 2.25 bits per heavy atom. The summed E-state index contributed by atoms with van der Waals surface area (Å²) < 4.78 is 43.7. The molecule has 4 amide bonds. The number of aromatic nitrogens is 2. The van der Waals surface area contributed by atoms with Crippen LogP contribution in [0, 0.1) is 5.92 Å². The van der Waals surface area contributed by atoms with Crippen LogP contribution in [-0.4, -0.2) is 125 Å². The zero-order valence-corrected chi connectivity index (χ0v) is 33.8.